The van der Waals surface area contributed by atoms with Crippen LogP contribution in [0.3, 0.4) is 0 Å². The van der Waals surface area contributed by atoms with E-state index >= 15 is 0 Å². The van der Waals surface area contributed by atoms with E-state index in [1.165, 1.54) is 0 Å². The molecule has 4 N–H and O–H groups in total. The second-order valence-corrected chi connectivity index (χ2v) is 3.85. The number of nitrogens with zero attached hydrogens (tertiary/aromatic N) is 3. The van der Waals surface area contributed by atoms with Gasteiger partial charge < -0.3 is 21.1 Å². The Morgan fingerprint density at radius 3 is 2.62 bits per heavy atom. The summed E-state index contributed by atoms with van der Waals surface area (Å²) in [6.45, 7) is 5.37. The molecule has 6 nitrogen and oxygen atoms in total. The summed E-state index contributed by atoms with van der Waals surface area (Å²) < 4.78 is 5.45. The molecule has 90 valence electrons. The van der Waals surface area contributed by atoms with Crippen molar-refractivity contribution in [1.29, 1.82) is 0 Å². The molecule has 0 saturated heterocycles. The minimum absolute atomic E-state index is 0.187. The Balaban J connectivity index is 2.55. The fourth-order valence-corrected chi connectivity index (χ4v) is 1.21. The Hall–Kier alpha value is -1.56. The van der Waals surface area contributed by atoms with Gasteiger partial charge in [0.15, 0.2) is 0 Å². The summed E-state index contributed by atoms with van der Waals surface area (Å²) in [5.74, 6) is 1.27. The van der Waals surface area contributed by atoms with Crippen LogP contribution in [0.5, 0.6) is 0 Å². The highest BCUT2D eigenvalue weighted by Crippen LogP contribution is 2.12. The minimum Gasteiger partial charge on any atom is -0.383 e. The second-order valence-electron chi connectivity index (χ2n) is 3.85. The highest BCUT2D eigenvalue weighted by atomic mass is 16.5. The summed E-state index contributed by atoms with van der Waals surface area (Å²) in [7, 11) is 1.91. The van der Waals surface area contributed by atoms with Crippen LogP contribution in [0.4, 0.5) is 17.6 Å². The maximum Gasteiger partial charge on any atom is 0.223 e. The summed E-state index contributed by atoms with van der Waals surface area (Å²) in [6.07, 6.45) is 0.230. The normalized spacial score (nSPS) is 10.8. The molecule has 0 aromatic carbocycles. The summed E-state index contributed by atoms with van der Waals surface area (Å²) >= 11 is 0. The third kappa shape index (κ3) is 3.90. The molecule has 0 unspecified atom stereocenters. The van der Waals surface area contributed by atoms with E-state index in [0.717, 1.165) is 6.54 Å². The zero-order valence-electron chi connectivity index (χ0n) is 9.97. The molecule has 1 heterocycles. The number of nitrogen functional groups attached to an aromatic ring is 2. The quantitative estimate of drug-likeness (QED) is 0.758. The smallest absolute Gasteiger partial charge is 0.223 e. The van der Waals surface area contributed by atoms with Crippen molar-refractivity contribution < 1.29 is 4.74 Å². The van der Waals surface area contributed by atoms with Crippen LogP contribution in [0.1, 0.15) is 13.8 Å². The van der Waals surface area contributed by atoms with E-state index in [-0.39, 0.29) is 12.1 Å². The number of rotatable bonds is 5. The Labute approximate surface area is 95.6 Å². The van der Waals surface area contributed by atoms with Crippen molar-refractivity contribution in [3.05, 3.63) is 6.07 Å². The molecule has 0 spiro atoms. The van der Waals surface area contributed by atoms with Gasteiger partial charge in [-0.05, 0) is 13.8 Å². The van der Waals surface area contributed by atoms with Crippen molar-refractivity contribution in [1.82, 2.24) is 9.97 Å². The van der Waals surface area contributed by atoms with Gasteiger partial charge in [-0.25, -0.2) is 0 Å². The van der Waals surface area contributed by atoms with Crippen molar-refractivity contribution in [2.24, 2.45) is 0 Å². The molecular formula is C10H19N5O. The van der Waals surface area contributed by atoms with Gasteiger partial charge in [-0.3, -0.25) is 0 Å². The van der Waals surface area contributed by atoms with E-state index < -0.39 is 0 Å². The fraction of sp³-hybridized carbons (Fsp3) is 0.600. The SMILES string of the molecule is CC(C)OCCN(C)c1cc(N)nc(N)n1. The lowest BCUT2D eigenvalue weighted by Gasteiger charge is -2.19. The van der Waals surface area contributed by atoms with Gasteiger partial charge in [-0.2, -0.15) is 9.97 Å². The number of anilines is 3. The lowest BCUT2D eigenvalue weighted by Crippen LogP contribution is -2.25. The highest BCUT2D eigenvalue weighted by molar-refractivity contribution is 5.49. The number of ether oxygens (including phenoxy) is 1. The Kier molecular flexibility index (Phi) is 4.30. The van der Waals surface area contributed by atoms with E-state index in [2.05, 4.69) is 9.97 Å². The molecule has 0 bridgehead atoms. The molecule has 0 aliphatic carbocycles. The third-order valence-electron chi connectivity index (χ3n) is 2.02. The van der Waals surface area contributed by atoms with Crippen molar-refractivity contribution in [2.75, 3.05) is 36.6 Å². The molecule has 0 radical (unpaired) electrons. The van der Waals surface area contributed by atoms with Crippen LogP contribution in [-0.4, -0.2) is 36.3 Å². The monoisotopic (exact) mass is 225 g/mol. The van der Waals surface area contributed by atoms with Crippen LogP contribution < -0.4 is 16.4 Å². The van der Waals surface area contributed by atoms with E-state index in [0.29, 0.717) is 18.2 Å². The molecule has 1 aromatic rings. The van der Waals surface area contributed by atoms with Crippen molar-refractivity contribution >= 4 is 17.6 Å². The first-order valence-electron chi connectivity index (χ1n) is 5.22. The summed E-state index contributed by atoms with van der Waals surface area (Å²) in [6, 6.07) is 1.69. The van der Waals surface area contributed by atoms with Crippen LogP contribution >= 0.6 is 0 Å². The maximum atomic E-state index is 5.59. The largest absolute Gasteiger partial charge is 0.383 e. The van der Waals surface area contributed by atoms with Crippen LogP contribution in [0.25, 0.3) is 0 Å². The predicted octanol–water partition coefficient (Wildman–Crippen LogP) is 0.502. The van der Waals surface area contributed by atoms with Crippen LogP contribution in [0.2, 0.25) is 0 Å². The Morgan fingerprint density at radius 2 is 2.06 bits per heavy atom. The molecule has 1 rings (SSSR count). The van der Waals surface area contributed by atoms with Gasteiger partial charge >= 0.3 is 0 Å². The average Bonchev–Trinajstić information content (AvgIpc) is 2.15. The number of likely N-dealkylation sites (N-methyl/N-ethyl adjacent to an activating group) is 1. The van der Waals surface area contributed by atoms with Gasteiger partial charge in [-0.1, -0.05) is 0 Å². The van der Waals surface area contributed by atoms with Gasteiger partial charge in [0.05, 0.1) is 12.7 Å². The van der Waals surface area contributed by atoms with Crippen LogP contribution in [-0.2, 0) is 4.74 Å². The molecule has 0 atom stereocenters. The summed E-state index contributed by atoms with van der Waals surface area (Å²) in [5, 5.41) is 0. The van der Waals surface area contributed by atoms with E-state index in [1.807, 2.05) is 25.8 Å². The molecular weight excluding hydrogens is 206 g/mol. The standard InChI is InChI=1S/C10H19N5O/c1-7(2)16-5-4-15(3)9-6-8(11)13-10(12)14-9/h6-7H,4-5H2,1-3H3,(H4,11,12,13,14). The topological polar surface area (TPSA) is 90.3 Å². The maximum absolute atomic E-state index is 5.59. The molecule has 16 heavy (non-hydrogen) atoms. The zero-order valence-corrected chi connectivity index (χ0v) is 9.97. The van der Waals surface area contributed by atoms with E-state index in [1.54, 1.807) is 6.07 Å². The molecule has 0 fully saturated rings. The van der Waals surface area contributed by atoms with Crippen molar-refractivity contribution in [3.8, 4) is 0 Å². The van der Waals surface area contributed by atoms with Gasteiger partial charge in [0.1, 0.15) is 11.6 Å². The van der Waals surface area contributed by atoms with Crippen LogP contribution in [0, 0.1) is 0 Å². The first-order valence-corrected chi connectivity index (χ1v) is 5.22. The van der Waals surface area contributed by atoms with Crippen molar-refractivity contribution in [2.45, 2.75) is 20.0 Å². The Bertz CT molecular complexity index is 322. The predicted molar refractivity (Wildman–Crippen MR) is 65.2 cm³/mol. The lowest BCUT2D eigenvalue weighted by atomic mass is 10.4. The van der Waals surface area contributed by atoms with Gasteiger partial charge in [0, 0.05) is 19.7 Å². The summed E-state index contributed by atoms with van der Waals surface area (Å²) in [5.41, 5.74) is 11.1. The lowest BCUT2D eigenvalue weighted by molar-refractivity contribution is 0.0845. The number of hydrogen-bond donors (Lipinski definition) is 2. The Morgan fingerprint density at radius 1 is 1.38 bits per heavy atom. The van der Waals surface area contributed by atoms with Gasteiger partial charge in [0.2, 0.25) is 5.95 Å². The molecule has 0 aliphatic heterocycles. The number of hydrogen-bond acceptors (Lipinski definition) is 6. The molecule has 0 amide bonds. The fourth-order valence-electron chi connectivity index (χ4n) is 1.21. The average molecular weight is 225 g/mol. The number of aromatic nitrogens is 2. The molecule has 0 saturated carbocycles. The molecule has 0 aliphatic rings. The van der Waals surface area contributed by atoms with E-state index in [4.69, 9.17) is 16.2 Å². The molecule has 6 heteroatoms. The third-order valence-corrected chi connectivity index (χ3v) is 2.02. The van der Waals surface area contributed by atoms with E-state index in [9.17, 15) is 0 Å². The minimum atomic E-state index is 0.187. The number of nitrogens with two attached hydrogens (primary N) is 2. The van der Waals surface area contributed by atoms with Crippen LogP contribution in [0.15, 0.2) is 6.07 Å². The zero-order chi connectivity index (χ0) is 12.1. The second kappa shape index (κ2) is 5.50. The highest BCUT2D eigenvalue weighted by Gasteiger charge is 2.05. The van der Waals surface area contributed by atoms with Gasteiger partial charge in [-0.15, -0.1) is 0 Å². The van der Waals surface area contributed by atoms with Crippen molar-refractivity contribution in [3.63, 3.8) is 0 Å². The van der Waals surface area contributed by atoms with Gasteiger partial charge in [0.25, 0.3) is 0 Å². The molecule has 1 aromatic heterocycles. The first-order chi connectivity index (χ1) is 7.49. The first kappa shape index (κ1) is 12.5. The summed E-state index contributed by atoms with van der Waals surface area (Å²) in [4.78, 5) is 9.83.